The first-order valence-electron chi connectivity index (χ1n) is 9.35. The normalized spacial score (nSPS) is 20.0. The molecule has 0 aromatic rings. The number of amides is 1. The van der Waals surface area contributed by atoms with E-state index in [9.17, 15) is 23.4 Å². The van der Waals surface area contributed by atoms with E-state index in [2.05, 4.69) is 10.0 Å². The average Bonchev–Trinajstić information content (AvgIpc) is 2.53. The van der Waals surface area contributed by atoms with E-state index in [-0.39, 0.29) is 5.91 Å². The van der Waals surface area contributed by atoms with E-state index in [1.54, 1.807) is 0 Å². The molecule has 0 aromatic carbocycles. The standard InChI is InChI=1S/C17H34N2O5S/c1-3-4-10-18-25(23,24)12-16(21)17(22)15(19-13(2)20)11-14-8-6-5-7-9-14/h14-18,21-22H,3-12H2,1-2H3,(H,19,20)/t15-,16+,17-/m0/s1. The molecular weight excluding hydrogens is 344 g/mol. The van der Waals surface area contributed by atoms with Crippen molar-refractivity contribution in [1.82, 2.24) is 10.0 Å². The van der Waals surface area contributed by atoms with Gasteiger partial charge in [0.25, 0.3) is 0 Å². The fourth-order valence-corrected chi connectivity index (χ4v) is 4.60. The second kappa shape index (κ2) is 11.1. The number of rotatable bonds is 11. The van der Waals surface area contributed by atoms with Crippen molar-refractivity contribution in [2.45, 2.75) is 83.5 Å². The van der Waals surface area contributed by atoms with Crippen LogP contribution in [0.5, 0.6) is 0 Å². The summed E-state index contributed by atoms with van der Waals surface area (Å²) in [4.78, 5) is 11.4. The minimum atomic E-state index is -3.67. The second-order valence-electron chi connectivity index (χ2n) is 7.13. The van der Waals surface area contributed by atoms with Crippen LogP contribution in [0.2, 0.25) is 0 Å². The molecule has 0 spiro atoms. The van der Waals surface area contributed by atoms with Crippen LogP contribution >= 0.6 is 0 Å². The molecule has 1 aliphatic carbocycles. The summed E-state index contributed by atoms with van der Waals surface area (Å²) < 4.78 is 26.4. The maximum Gasteiger partial charge on any atom is 0.217 e. The summed E-state index contributed by atoms with van der Waals surface area (Å²) in [5, 5.41) is 23.3. The quantitative estimate of drug-likeness (QED) is 0.399. The van der Waals surface area contributed by atoms with Crippen molar-refractivity contribution in [3.63, 3.8) is 0 Å². The van der Waals surface area contributed by atoms with Crippen molar-refractivity contribution < 1.29 is 23.4 Å². The molecule has 0 bridgehead atoms. The highest BCUT2D eigenvalue weighted by molar-refractivity contribution is 7.89. The number of carbonyl (C=O) groups excluding carboxylic acids is 1. The maximum atomic E-state index is 12.0. The molecule has 1 rings (SSSR count). The van der Waals surface area contributed by atoms with Crippen molar-refractivity contribution in [3.8, 4) is 0 Å². The first-order valence-corrected chi connectivity index (χ1v) is 11.0. The summed E-state index contributed by atoms with van der Waals surface area (Å²) >= 11 is 0. The first kappa shape index (κ1) is 22.3. The van der Waals surface area contributed by atoms with Crippen LogP contribution < -0.4 is 10.0 Å². The minimum Gasteiger partial charge on any atom is -0.389 e. The lowest BCUT2D eigenvalue weighted by molar-refractivity contribution is -0.121. The van der Waals surface area contributed by atoms with Gasteiger partial charge in [0.1, 0.15) is 6.10 Å². The lowest BCUT2D eigenvalue weighted by atomic mass is 9.83. The molecular formula is C17H34N2O5S. The van der Waals surface area contributed by atoms with Crippen LogP contribution in [0.1, 0.15) is 65.2 Å². The molecule has 0 heterocycles. The molecule has 1 saturated carbocycles. The summed E-state index contributed by atoms with van der Waals surface area (Å²) in [7, 11) is -3.67. The number of aliphatic hydroxyl groups excluding tert-OH is 2. The lowest BCUT2D eigenvalue weighted by Crippen LogP contribution is -2.51. The first-order chi connectivity index (χ1) is 11.7. The fourth-order valence-electron chi connectivity index (χ4n) is 3.38. The second-order valence-corrected chi connectivity index (χ2v) is 8.99. The molecule has 3 atom stereocenters. The number of hydrogen-bond donors (Lipinski definition) is 4. The van der Waals surface area contributed by atoms with Crippen molar-refractivity contribution >= 4 is 15.9 Å². The zero-order valence-electron chi connectivity index (χ0n) is 15.4. The molecule has 8 heteroatoms. The van der Waals surface area contributed by atoms with Crippen LogP contribution in [0.25, 0.3) is 0 Å². The van der Waals surface area contributed by atoms with Gasteiger partial charge in [-0.3, -0.25) is 4.79 Å². The smallest absolute Gasteiger partial charge is 0.217 e. The number of aliphatic hydroxyl groups is 2. The summed E-state index contributed by atoms with van der Waals surface area (Å²) in [6.45, 7) is 3.63. The van der Waals surface area contributed by atoms with Crippen LogP contribution in [0.4, 0.5) is 0 Å². The SMILES string of the molecule is CCCCNS(=O)(=O)C[C@@H](O)[C@@H](O)[C@H](CC1CCCCC1)NC(C)=O. The van der Waals surface area contributed by atoms with Gasteiger partial charge in [-0.1, -0.05) is 45.4 Å². The van der Waals surface area contributed by atoms with Crippen LogP contribution in [-0.4, -0.2) is 55.1 Å². The van der Waals surface area contributed by atoms with E-state index in [1.807, 2.05) is 6.92 Å². The molecule has 1 aliphatic rings. The monoisotopic (exact) mass is 378 g/mol. The number of unbranched alkanes of at least 4 members (excludes halogenated alkanes) is 1. The molecule has 25 heavy (non-hydrogen) atoms. The molecule has 0 aliphatic heterocycles. The van der Waals surface area contributed by atoms with Crippen molar-refractivity contribution in [1.29, 1.82) is 0 Å². The highest BCUT2D eigenvalue weighted by Gasteiger charge is 2.32. The summed E-state index contributed by atoms with van der Waals surface area (Å²) in [5.41, 5.74) is 0. The van der Waals surface area contributed by atoms with E-state index < -0.39 is 34.0 Å². The van der Waals surface area contributed by atoms with Crippen molar-refractivity contribution in [2.24, 2.45) is 5.92 Å². The van der Waals surface area contributed by atoms with Gasteiger partial charge in [0.05, 0.1) is 17.9 Å². The van der Waals surface area contributed by atoms with Gasteiger partial charge in [-0.15, -0.1) is 0 Å². The van der Waals surface area contributed by atoms with Crippen LogP contribution in [-0.2, 0) is 14.8 Å². The van der Waals surface area contributed by atoms with Gasteiger partial charge in [-0.05, 0) is 18.8 Å². The van der Waals surface area contributed by atoms with E-state index in [4.69, 9.17) is 0 Å². The molecule has 0 radical (unpaired) electrons. The van der Waals surface area contributed by atoms with E-state index in [0.717, 1.165) is 32.1 Å². The Bertz CT molecular complexity index is 491. The van der Waals surface area contributed by atoms with Gasteiger partial charge in [0, 0.05) is 13.5 Å². The van der Waals surface area contributed by atoms with Crippen LogP contribution in [0, 0.1) is 5.92 Å². The van der Waals surface area contributed by atoms with Gasteiger partial charge < -0.3 is 15.5 Å². The molecule has 1 amide bonds. The van der Waals surface area contributed by atoms with Gasteiger partial charge in [-0.25, -0.2) is 13.1 Å². The molecule has 0 aromatic heterocycles. The van der Waals surface area contributed by atoms with E-state index >= 15 is 0 Å². The van der Waals surface area contributed by atoms with Crippen molar-refractivity contribution in [3.05, 3.63) is 0 Å². The van der Waals surface area contributed by atoms with Crippen molar-refractivity contribution in [2.75, 3.05) is 12.3 Å². The summed E-state index contributed by atoms with van der Waals surface area (Å²) in [6.07, 6.45) is 4.92. The minimum absolute atomic E-state index is 0.295. The predicted octanol–water partition coefficient (Wildman–Crippen LogP) is 0.903. The maximum absolute atomic E-state index is 12.0. The Hall–Kier alpha value is -0.700. The van der Waals surface area contributed by atoms with Gasteiger partial charge >= 0.3 is 0 Å². The molecule has 148 valence electrons. The largest absolute Gasteiger partial charge is 0.389 e. The van der Waals surface area contributed by atoms with Crippen LogP contribution in [0.3, 0.4) is 0 Å². The summed E-state index contributed by atoms with van der Waals surface area (Å²) in [6, 6.07) is -0.638. The predicted molar refractivity (Wildman–Crippen MR) is 97.5 cm³/mol. The molecule has 0 unspecified atom stereocenters. The Morgan fingerprint density at radius 1 is 1.20 bits per heavy atom. The molecule has 7 nitrogen and oxygen atoms in total. The van der Waals surface area contributed by atoms with Gasteiger partial charge in [0.2, 0.25) is 15.9 Å². The summed E-state index contributed by atoms with van der Waals surface area (Å²) in [5.74, 6) is -0.485. The topological polar surface area (TPSA) is 116 Å². The van der Waals surface area contributed by atoms with Gasteiger partial charge in [-0.2, -0.15) is 0 Å². The Balaban J connectivity index is 2.64. The molecule has 1 fully saturated rings. The zero-order valence-corrected chi connectivity index (χ0v) is 16.2. The highest BCUT2D eigenvalue weighted by Crippen LogP contribution is 2.28. The number of carbonyl (C=O) groups is 1. The molecule has 0 saturated heterocycles. The third-order valence-corrected chi connectivity index (χ3v) is 6.17. The number of hydrogen-bond acceptors (Lipinski definition) is 5. The van der Waals surface area contributed by atoms with Gasteiger partial charge in [0.15, 0.2) is 0 Å². The van der Waals surface area contributed by atoms with Crippen LogP contribution in [0.15, 0.2) is 0 Å². The molecule has 4 N–H and O–H groups in total. The van der Waals surface area contributed by atoms with E-state index in [1.165, 1.54) is 13.3 Å². The Kier molecular flexibility index (Phi) is 9.92. The Morgan fingerprint density at radius 3 is 2.40 bits per heavy atom. The number of nitrogens with one attached hydrogen (secondary N) is 2. The number of sulfonamides is 1. The Labute approximate surface area is 151 Å². The zero-order chi connectivity index (χ0) is 18.9. The third kappa shape index (κ3) is 8.99. The third-order valence-electron chi connectivity index (χ3n) is 4.75. The lowest BCUT2D eigenvalue weighted by Gasteiger charge is -2.31. The fraction of sp³-hybridized carbons (Fsp3) is 0.941. The van der Waals surface area contributed by atoms with E-state index in [0.29, 0.717) is 25.3 Å². The Morgan fingerprint density at radius 2 is 1.84 bits per heavy atom. The average molecular weight is 379 g/mol. The highest BCUT2D eigenvalue weighted by atomic mass is 32.2.